The Morgan fingerprint density at radius 3 is 2.95 bits per heavy atom. The summed E-state index contributed by atoms with van der Waals surface area (Å²) in [6, 6.07) is 8.33. The molecule has 1 aromatic rings. The maximum absolute atomic E-state index is 5.62. The zero-order valence-corrected chi connectivity index (χ0v) is 12.8. The second kappa shape index (κ2) is 5.98. The Labute approximate surface area is 127 Å². The topological polar surface area (TPSA) is 24.5 Å². The molecular formula is C18H26N2O. The van der Waals surface area contributed by atoms with Crippen LogP contribution in [0.4, 0.5) is 0 Å². The van der Waals surface area contributed by atoms with Gasteiger partial charge < -0.3 is 10.1 Å². The molecule has 21 heavy (non-hydrogen) atoms. The smallest absolute Gasteiger partial charge is 0.122 e. The molecule has 3 heteroatoms. The molecular weight excluding hydrogens is 260 g/mol. The first kappa shape index (κ1) is 13.6. The van der Waals surface area contributed by atoms with E-state index in [2.05, 4.69) is 28.4 Å². The third-order valence-corrected chi connectivity index (χ3v) is 5.07. The minimum atomic E-state index is 0.706. The van der Waals surface area contributed by atoms with Crippen LogP contribution in [0.1, 0.15) is 43.2 Å². The summed E-state index contributed by atoms with van der Waals surface area (Å²) in [5, 5.41) is 3.70. The van der Waals surface area contributed by atoms with Crippen LogP contribution in [-0.4, -0.2) is 36.7 Å². The van der Waals surface area contributed by atoms with Crippen molar-refractivity contribution in [2.75, 3.05) is 19.7 Å². The first-order chi connectivity index (χ1) is 10.4. The predicted molar refractivity (Wildman–Crippen MR) is 84.7 cm³/mol. The van der Waals surface area contributed by atoms with Gasteiger partial charge >= 0.3 is 0 Å². The SMILES string of the molecule is c1cc2c(cc1CN(CC1CCCCN1)C1CC1)CCO2. The van der Waals surface area contributed by atoms with Gasteiger partial charge in [-0.1, -0.05) is 18.6 Å². The largest absolute Gasteiger partial charge is 0.493 e. The van der Waals surface area contributed by atoms with E-state index in [1.54, 1.807) is 0 Å². The lowest BCUT2D eigenvalue weighted by atomic mass is 10.0. The van der Waals surface area contributed by atoms with E-state index in [0.29, 0.717) is 6.04 Å². The van der Waals surface area contributed by atoms with Crippen molar-refractivity contribution in [2.45, 2.75) is 57.2 Å². The van der Waals surface area contributed by atoms with Crippen LogP contribution in [0.3, 0.4) is 0 Å². The number of rotatable bonds is 5. The Hall–Kier alpha value is -1.06. The number of benzene rings is 1. The Balaban J connectivity index is 1.42. The Bertz CT molecular complexity index is 492. The molecule has 1 saturated carbocycles. The van der Waals surface area contributed by atoms with Gasteiger partial charge in [0.25, 0.3) is 0 Å². The van der Waals surface area contributed by atoms with Crippen molar-refractivity contribution < 1.29 is 4.74 Å². The summed E-state index contributed by atoms with van der Waals surface area (Å²) in [5.74, 6) is 1.10. The Morgan fingerprint density at radius 2 is 2.14 bits per heavy atom. The lowest BCUT2D eigenvalue weighted by Gasteiger charge is -2.30. The maximum atomic E-state index is 5.62. The minimum absolute atomic E-state index is 0.706. The number of nitrogens with one attached hydrogen (secondary N) is 1. The van der Waals surface area contributed by atoms with Crippen LogP contribution in [0.25, 0.3) is 0 Å². The van der Waals surface area contributed by atoms with E-state index < -0.39 is 0 Å². The normalized spacial score (nSPS) is 24.9. The number of fused-ring (bicyclic) bond motifs is 1. The van der Waals surface area contributed by atoms with Gasteiger partial charge in [-0.05, 0) is 49.4 Å². The molecule has 0 radical (unpaired) electrons. The summed E-state index contributed by atoms with van der Waals surface area (Å²) in [5.41, 5.74) is 2.86. The number of piperidine rings is 1. The average Bonchev–Trinajstić information content (AvgIpc) is 3.26. The zero-order valence-electron chi connectivity index (χ0n) is 12.8. The molecule has 3 aliphatic rings. The molecule has 114 valence electrons. The molecule has 1 saturated heterocycles. The third-order valence-electron chi connectivity index (χ3n) is 5.07. The lowest BCUT2D eigenvalue weighted by molar-refractivity contribution is 0.208. The molecule has 0 aromatic heterocycles. The van der Waals surface area contributed by atoms with Crippen LogP contribution in [-0.2, 0) is 13.0 Å². The minimum Gasteiger partial charge on any atom is -0.493 e. The molecule has 1 N–H and O–H groups in total. The molecule has 0 bridgehead atoms. The predicted octanol–water partition coefficient (Wildman–Crippen LogP) is 2.73. The zero-order chi connectivity index (χ0) is 14.1. The summed E-state index contributed by atoms with van der Waals surface area (Å²) in [7, 11) is 0. The second-order valence-corrected chi connectivity index (χ2v) is 6.85. The third kappa shape index (κ3) is 3.24. The van der Waals surface area contributed by atoms with Gasteiger partial charge in [0.1, 0.15) is 5.75 Å². The number of ether oxygens (including phenoxy) is 1. The van der Waals surface area contributed by atoms with Crippen molar-refractivity contribution in [1.82, 2.24) is 10.2 Å². The molecule has 1 aliphatic carbocycles. The highest BCUT2D eigenvalue weighted by Crippen LogP contribution is 2.31. The van der Waals surface area contributed by atoms with Crippen LogP contribution < -0.4 is 10.1 Å². The van der Waals surface area contributed by atoms with Gasteiger partial charge in [0, 0.05) is 31.6 Å². The summed E-state index contributed by atoms with van der Waals surface area (Å²) in [6.07, 6.45) is 7.96. The Morgan fingerprint density at radius 1 is 1.19 bits per heavy atom. The van der Waals surface area contributed by atoms with E-state index >= 15 is 0 Å². The number of nitrogens with zero attached hydrogens (tertiary/aromatic N) is 1. The monoisotopic (exact) mass is 286 g/mol. The van der Waals surface area contributed by atoms with E-state index in [-0.39, 0.29) is 0 Å². The van der Waals surface area contributed by atoms with Crippen molar-refractivity contribution in [1.29, 1.82) is 0 Å². The van der Waals surface area contributed by atoms with E-state index in [1.807, 2.05) is 0 Å². The van der Waals surface area contributed by atoms with Crippen LogP contribution in [0.15, 0.2) is 18.2 Å². The summed E-state index contributed by atoms with van der Waals surface area (Å²) in [4.78, 5) is 2.71. The maximum Gasteiger partial charge on any atom is 0.122 e. The van der Waals surface area contributed by atoms with Gasteiger partial charge in [-0.15, -0.1) is 0 Å². The summed E-state index contributed by atoms with van der Waals surface area (Å²) >= 11 is 0. The molecule has 2 fully saturated rings. The van der Waals surface area contributed by atoms with Gasteiger partial charge in [0.05, 0.1) is 6.61 Å². The van der Waals surface area contributed by atoms with E-state index in [9.17, 15) is 0 Å². The quantitative estimate of drug-likeness (QED) is 0.901. The van der Waals surface area contributed by atoms with Gasteiger partial charge in [-0.3, -0.25) is 4.90 Å². The van der Waals surface area contributed by atoms with Crippen LogP contribution in [0.2, 0.25) is 0 Å². The fourth-order valence-corrected chi connectivity index (χ4v) is 3.72. The highest BCUT2D eigenvalue weighted by Gasteiger charge is 2.31. The van der Waals surface area contributed by atoms with E-state index in [4.69, 9.17) is 4.74 Å². The van der Waals surface area contributed by atoms with Crippen molar-refractivity contribution in [3.05, 3.63) is 29.3 Å². The van der Waals surface area contributed by atoms with E-state index in [0.717, 1.165) is 31.4 Å². The van der Waals surface area contributed by atoms with Crippen LogP contribution >= 0.6 is 0 Å². The van der Waals surface area contributed by atoms with Crippen molar-refractivity contribution in [3.63, 3.8) is 0 Å². The second-order valence-electron chi connectivity index (χ2n) is 6.85. The van der Waals surface area contributed by atoms with Gasteiger partial charge in [-0.25, -0.2) is 0 Å². The molecule has 2 aliphatic heterocycles. The molecule has 1 atom stereocenters. The average molecular weight is 286 g/mol. The van der Waals surface area contributed by atoms with Crippen LogP contribution in [0.5, 0.6) is 5.75 Å². The highest BCUT2D eigenvalue weighted by atomic mass is 16.5. The van der Waals surface area contributed by atoms with Crippen molar-refractivity contribution in [2.24, 2.45) is 0 Å². The summed E-state index contributed by atoms with van der Waals surface area (Å²) < 4.78 is 5.62. The molecule has 0 spiro atoms. The number of hydrogen-bond donors (Lipinski definition) is 1. The molecule has 0 amide bonds. The molecule has 3 nitrogen and oxygen atoms in total. The summed E-state index contributed by atoms with van der Waals surface area (Å²) in [6.45, 7) is 4.39. The van der Waals surface area contributed by atoms with Gasteiger partial charge in [0.15, 0.2) is 0 Å². The van der Waals surface area contributed by atoms with Gasteiger partial charge in [0.2, 0.25) is 0 Å². The first-order valence-electron chi connectivity index (χ1n) is 8.60. The fourth-order valence-electron chi connectivity index (χ4n) is 3.72. The Kier molecular flexibility index (Phi) is 3.87. The standard InChI is InChI=1S/C18H26N2O/c1-2-9-19-16(3-1)13-20(17-5-6-17)12-14-4-7-18-15(11-14)8-10-21-18/h4,7,11,16-17,19H,1-3,5-6,8-10,12-13H2. The highest BCUT2D eigenvalue weighted by molar-refractivity contribution is 5.39. The molecule has 4 rings (SSSR count). The lowest BCUT2D eigenvalue weighted by Crippen LogP contribution is -2.44. The molecule has 1 aromatic carbocycles. The number of hydrogen-bond acceptors (Lipinski definition) is 3. The van der Waals surface area contributed by atoms with Crippen LogP contribution in [0, 0.1) is 0 Å². The van der Waals surface area contributed by atoms with E-state index in [1.165, 1.54) is 56.3 Å². The molecule has 1 unspecified atom stereocenters. The van der Waals surface area contributed by atoms with Crippen molar-refractivity contribution in [3.8, 4) is 5.75 Å². The first-order valence-corrected chi connectivity index (χ1v) is 8.60. The van der Waals surface area contributed by atoms with Crippen molar-refractivity contribution >= 4 is 0 Å². The fraction of sp³-hybridized carbons (Fsp3) is 0.667. The van der Waals surface area contributed by atoms with Gasteiger partial charge in [-0.2, -0.15) is 0 Å². The molecule has 2 heterocycles.